The van der Waals surface area contributed by atoms with E-state index in [9.17, 15) is 46.3 Å². The van der Waals surface area contributed by atoms with Crippen molar-refractivity contribution in [2.75, 3.05) is 19.8 Å². The van der Waals surface area contributed by atoms with E-state index >= 15 is 0 Å². The highest BCUT2D eigenvalue weighted by molar-refractivity contribution is 7.91. The maximum atomic E-state index is 14.7. The SMILES string of the molecule is CC(C)(O)c1cnnn1[C@H]1C[C@@H](C(=O)NC2(C(=O)C(N)=O)CCOCC2)N(C(=O)[C@@H](CC2CCCCC2)NC(=O)c2cccc(S(=O)(=O)C(F)F)c2)C1. The number of nitrogens with two attached hydrogens (primary N) is 1. The van der Waals surface area contributed by atoms with Gasteiger partial charge in [-0.25, -0.2) is 13.1 Å². The van der Waals surface area contributed by atoms with Crippen LogP contribution in [0.1, 0.15) is 93.7 Å². The second-order valence-corrected chi connectivity index (χ2v) is 16.4. The molecule has 19 heteroatoms. The third kappa shape index (κ3) is 8.73. The zero-order valence-electron chi connectivity index (χ0n) is 29.5. The lowest BCUT2D eigenvalue weighted by atomic mass is 9.84. The number of nitrogens with zero attached hydrogens (tertiary/aromatic N) is 4. The number of benzene rings is 1. The van der Waals surface area contributed by atoms with Crippen molar-refractivity contribution in [3.63, 3.8) is 0 Å². The van der Waals surface area contributed by atoms with E-state index in [4.69, 9.17) is 10.5 Å². The minimum Gasteiger partial charge on any atom is -0.384 e. The van der Waals surface area contributed by atoms with Crippen molar-refractivity contribution in [2.24, 2.45) is 11.7 Å². The molecule has 5 rings (SSSR count). The molecule has 2 aliphatic heterocycles. The summed E-state index contributed by atoms with van der Waals surface area (Å²) in [5.74, 6) is -8.30. The van der Waals surface area contributed by atoms with Gasteiger partial charge in [0, 0.05) is 44.6 Å². The first-order chi connectivity index (χ1) is 24.9. The lowest BCUT2D eigenvalue weighted by Gasteiger charge is -2.37. The Kier molecular flexibility index (Phi) is 12.0. The summed E-state index contributed by atoms with van der Waals surface area (Å²) in [4.78, 5) is 68.3. The molecule has 16 nitrogen and oxygen atoms in total. The molecular weight excluding hydrogens is 720 g/mol. The fourth-order valence-corrected chi connectivity index (χ4v) is 8.22. The fourth-order valence-electron chi connectivity index (χ4n) is 7.45. The first-order valence-electron chi connectivity index (χ1n) is 17.5. The van der Waals surface area contributed by atoms with Crippen molar-refractivity contribution in [1.29, 1.82) is 0 Å². The monoisotopic (exact) mass is 765 g/mol. The number of ketones is 1. The molecule has 3 aliphatic rings. The molecule has 1 aromatic carbocycles. The standard InChI is InChI=1S/C34H45F2N7O9S/c1-33(2,49)26-18-38-41-43(26)22-17-25(30(47)40-34(27(44)28(37)45)11-13-52-14-12-34)42(19-22)31(48)24(15-20-7-4-3-5-8-20)39-29(46)21-9-6-10-23(16-21)53(50,51)32(35)36/h6,9-10,16,18,20,22,24-25,32,49H,3-5,7-8,11-15,17,19H2,1-2H3,(H2,37,45)(H,39,46)(H,40,47)/t22-,24+,25-/m0/s1. The first kappa shape index (κ1) is 39.8. The number of hydrogen-bond acceptors (Lipinski definition) is 11. The number of likely N-dealkylation sites (tertiary alicyclic amines) is 1. The van der Waals surface area contributed by atoms with Gasteiger partial charge in [-0.1, -0.05) is 43.4 Å². The lowest BCUT2D eigenvalue weighted by Crippen LogP contribution is -2.64. The number of ether oxygens (including phenoxy) is 1. The van der Waals surface area contributed by atoms with Gasteiger partial charge in [0.15, 0.2) is 0 Å². The third-order valence-electron chi connectivity index (χ3n) is 10.3. The number of alkyl halides is 2. The number of rotatable bonds is 13. The Balaban J connectivity index is 1.50. The van der Waals surface area contributed by atoms with E-state index in [1.54, 1.807) is 0 Å². The number of hydrogen-bond donors (Lipinski definition) is 4. The van der Waals surface area contributed by atoms with Gasteiger partial charge in [-0.2, -0.15) is 8.78 Å². The van der Waals surface area contributed by atoms with Crippen LogP contribution in [0, 0.1) is 5.92 Å². The first-order valence-corrected chi connectivity index (χ1v) is 19.1. The van der Waals surface area contributed by atoms with Crippen LogP contribution in [-0.4, -0.2) is 106 Å². The van der Waals surface area contributed by atoms with Gasteiger partial charge in [0.1, 0.15) is 23.2 Å². The third-order valence-corrected chi connectivity index (χ3v) is 11.7. The molecule has 0 spiro atoms. The molecule has 0 bridgehead atoms. The Hall–Kier alpha value is -4.36. The zero-order valence-corrected chi connectivity index (χ0v) is 30.3. The minimum atomic E-state index is -5.03. The second-order valence-electron chi connectivity index (χ2n) is 14.5. The topological polar surface area (TPSA) is 233 Å². The zero-order chi connectivity index (χ0) is 38.7. The number of halogens is 2. The van der Waals surface area contributed by atoms with Crippen molar-refractivity contribution >= 4 is 39.2 Å². The van der Waals surface area contributed by atoms with Crippen molar-refractivity contribution < 1.29 is 51.0 Å². The van der Waals surface area contributed by atoms with Crippen LogP contribution >= 0.6 is 0 Å². The number of carbonyl (C=O) groups is 5. The molecule has 1 saturated carbocycles. The summed E-state index contributed by atoms with van der Waals surface area (Å²) in [5.41, 5.74) is 2.30. The van der Waals surface area contributed by atoms with Gasteiger partial charge >= 0.3 is 5.76 Å². The highest BCUT2D eigenvalue weighted by Crippen LogP contribution is 2.34. The van der Waals surface area contributed by atoms with Gasteiger partial charge < -0.3 is 31.1 Å². The molecule has 5 N–H and O–H groups in total. The average molecular weight is 766 g/mol. The van der Waals surface area contributed by atoms with Crippen molar-refractivity contribution in [1.82, 2.24) is 30.5 Å². The summed E-state index contributed by atoms with van der Waals surface area (Å²) < 4.78 is 57.8. The largest absolute Gasteiger partial charge is 0.384 e. The number of carbonyl (C=O) groups excluding carboxylic acids is 5. The highest BCUT2D eigenvalue weighted by atomic mass is 32.2. The number of nitrogens with one attached hydrogen (secondary N) is 2. The molecule has 3 fully saturated rings. The molecule has 1 aromatic heterocycles. The Morgan fingerprint density at radius 1 is 1.11 bits per heavy atom. The Bertz CT molecular complexity index is 1820. The van der Waals surface area contributed by atoms with E-state index in [0.717, 1.165) is 50.3 Å². The van der Waals surface area contributed by atoms with Crippen LogP contribution in [0.15, 0.2) is 35.4 Å². The molecule has 2 saturated heterocycles. The fraction of sp³-hybridized carbons (Fsp3) is 0.618. The van der Waals surface area contributed by atoms with Crippen LogP contribution in [0.3, 0.4) is 0 Å². The molecule has 53 heavy (non-hydrogen) atoms. The molecule has 4 amide bonds. The van der Waals surface area contributed by atoms with Gasteiger partial charge in [-0.15, -0.1) is 5.10 Å². The van der Waals surface area contributed by atoms with Crippen LogP contribution in [0.2, 0.25) is 0 Å². The molecule has 2 aromatic rings. The quantitative estimate of drug-likeness (QED) is 0.211. The van der Waals surface area contributed by atoms with Crippen LogP contribution in [0.4, 0.5) is 8.78 Å². The average Bonchev–Trinajstić information content (AvgIpc) is 3.80. The summed E-state index contributed by atoms with van der Waals surface area (Å²) in [6.45, 7) is 3.01. The van der Waals surface area contributed by atoms with Gasteiger partial charge in [0.05, 0.1) is 22.8 Å². The Morgan fingerprint density at radius 3 is 2.42 bits per heavy atom. The number of aromatic nitrogens is 3. The number of sulfone groups is 1. The summed E-state index contributed by atoms with van der Waals surface area (Å²) >= 11 is 0. The second kappa shape index (κ2) is 15.9. The van der Waals surface area contributed by atoms with Crippen molar-refractivity contribution in [3.8, 4) is 0 Å². The summed E-state index contributed by atoms with van der Waals surface area (Å²) in [5, 5.41) is 24.3. The summed E-state index contributed by atoms with van der Waals surface area (Å²) in [6, 6.07) is 0.907. The number of aliphatic hydroxyl groups is 1. The number of primary amides is 1. The van der Waals surface area contributed by atoms with E-state index in [2.05, 4.69) is 20.9 Å². The van der Waals surface area contributed by atoms with E-state index in [0.29, 0.717) is 5.69 Å². The molecule has 3 atom stereocenters. The van der Waals surface area contributed by atoms with E-state index in [1.165, 1.54) is 35.7 Å². The Labute approximate surface area is 305 Å². The van der Waals surface area contributed by atoms with E-state index in [1.807, 2.05) is 0 Å². The van der Waals surface area contributed by atoms with Gasteiger partial charge in [-0.3, -0.25) is 24.0 Å². The maximum Gasteiger partial charge on any atom is 0.341 e. The van der Waals surface area contributed by atoms with E-state index in [-0.39, 0.29) is 56.9 Å². The van der Waals surface area contributed by atoms with Crippen molar-refractivity contribution in [3.05, 3.63) is 41.7 Å². The predicted molar refractivity (Wildman–Crippen MR) is 182 cm³/mol. The lowest BCUT2D eigenvalue weighted by molar-refractivity contribution is -0.147. The molecule has 3 heterocycles. The molecule has 0 radical (unpaired) electrons. The van der Waals surface area contributed by atoms with Gasteiger partial charge in [0.25, 0.3) is 11.8 Å². The molecular formula is C34H45F2N7O9S. The molecule has 290 valence electrons. The predicted octanol–water partition coefficient (Wildman–Crippen LogP) is 1.13. The normalized spacial score (nSPS) is 21.6. The van der Waals surface area contributed by atoms with Crippen molar-refractivity contribution in [2.45, 2.75) is 112 Å². The molecule has 0 unspecified atom stereocenters. The Morgan fingerprint density at radius 2 is 1.79 bits per heavy atom. The smallest absolute Gasteiger partial charge is 0.341 e. The van der Waals surface area contributed by atoms with Gasteiger partial charge in [0.2, 0.25) is 27.4 Å². The summed E-state index contributed by atoms with van der Waals surface area (Å²) in [6.07, 6.45) is 5.70. The van der Waals surface area contributed by atoms with Crippen LogP contribution < -0.4 is 16.4 Å². The molecule has 1 aliphatic carbocycles. The number of Topliss-reactive ketones (excluding diaryl/α,β-unsaturated/α-hetero) is 1. The summed E-state index contributed by atoms with van der Waals surface area (Å²) in [7, 11) is -5.03. The van der Waals surface area contributed by atoms with Gasteiger partial charge in [-0.05, 0) is 44.4 Å². The van der Waals surface area contributed by atoms with Crippen LogP contribution in [-0.2, 0) is 39.4 Å². The number of amides is 4. The highest BCUT2D eigenvalue weighted by Gasteiger charge is 2.49. The van der Waals surface area contributed by atoms with Crippen LogP contribution in [0.5, 0.6) is 0 Å². The maximum absolute atomic E-state index is 14.7. The minimum absolute atomic E-state index is 0.00465. The van der Waals surface area contributed by atoms with Crippen LogP contribution in [0.25, 0.3) is 0 Å². The van der Waals surface area contributed by atoms with E-state index < -0.39 is 79.2 Å².